The number of H-pyrrole nitrogens is 1. The Bertz CT molecular complexity index is 1880. The number of hydrogen-bond donors (Lipinski definition) is 1. The van der Waals surface area contributed by atoms with Gasteiger partial charge in [0.15, 0.2) is 17.5 Å². The number of hydrogen-bond acceptors (Lipinski definition) is 3. The molecule has 1 aliphatic rings. The van der Waals surface area contributed by atoms with Crippen LogP contribution in [0.2, 0.25) is 0 Å². The van der Waals surface area contributed by atoms with Crippen molar-refractivity contribution in [1.82, 2.24) is 19.9 Å². The topological polar surface area (TPSA) is 54.5 Å². The van der Waals surface area contributed by atoms with Gasteiger partial charge < -0.3 is 4.98 Å². The molecule has 188 valence electrons. The Kier molecular flexibility index (Phi) is 5.66. The molecule has 1 N–H and O–H groups in total. The van der Waals surface area contributed by atoms with Crippen LogP contribution in [0.4, 0.5) is 0 Å². The molecule has 1 aliphatic carbocycles. The fraction of sp³-hybridized carbons (Fsp3) is 0.114. The molecule has 2 heterocycles. The Morgan fingerprint density at radius 1 is 0.615 bits per heavy atom. The standard InChI is InChI=1S/C35H28N4/c1-22-10-3-5-14-27(22)34-37-33(38-35(39-34)28-15-6-4-11-23(28)2)26-13-9-12-24(20-26)25-18-19-32-30(21-25)29-16-7-8-17-31(29)36-32/h3-8,10-11,13-21,36H,9,12H2,1-2H3. The first kappa shape index (κ1) is 23.3. The van der Waals surface area contributed by atoms with Gasteiger partial charge in [-0.3, -0.25) is 0 Å². The minimum absolute atomic E-state index is 0.706. The molecule has 4 nitrogen and oxygen atoms in total. The highest BCUT2D eigenvalue weighted by atomic mass is 15.0. The van der Waals surface area contributed by atoms with Gasteiger partial charge in [-0.1, -0.05) is 78.9 Å². The van der Waals surface area contributed by atoms with Crippen LogP contribution in [0.25, 0.3) is 55.7 Å². The number of fused-ring (bicyclic) bond motifs is 3. The molecule has 0 fully saturated rings. The van der Waals surface area contributed by atoms with Crippen molar-refractivity contribution in [3.05, 3.63) is 126 Å². The van der Waals surface area contributed by atoms with Gasteiger partial charge in [-0.05, 0) is 73.2 Å². The van der Waals surface area contributed by atoms with Crippen LogP contribution in [-0.2, 0) is 0 Å². The van der Waals surface area contributed by atoms with Gasteiger partial charge in [-0.25, -0.2) is 15.0 Å². The lowest BCUT2D eigenvalue weighted by Gasteiger charge is -2.16. The van der Waals surface area contributed by atoms with Crippen LogP contribution in [0.1, 0.15) is 35.4 Å². The van der Waals surface area contributed by atoms with E-state index in [0.717, 1.165) is 46.2 Å². The first-order valence-electron chi connectivity index (χ1n) is 13.4. The maximum absolute atomic E-state index is 5.01. The third-order valence-electron chi connectivity index (χ3n) is 7.65. The zero-order chi connectivity index (χ0) is 26.3. The van der Waals surface area contributed by atoms with E-state index in [1.807, 2.05) is 24.3 Å². The van der Waals surface area contributed by atoms with Crippen LogP contribution in [0.3, 0.4) is 0 Å². The Labute approximate surface area is 227 Å². The van der Waals surface area contributed by atoms with Gasteiger partial charge in [0.25, 0.3) is 0 Å². The van der Waals surface area contributed by atoms with Crippen molar-refractivity contribution < 1.29 is 0 Å². The molecule has 7 rings (SSSR count). The van der Waals surface area contributed by atoms with Crippen LogP contribution >= 0.6 is 0 Å². The average molecular weight is 505 g/mol. The maximum atomic E-state index is 5.01. The largest absolute Gasteiger partial charge is 0.355 e. The zero-order valence-electron chi connectivity index (χ0n) is 22.1. The van der Waals surface area contributed by atoms with E-state index in [4.69, 9.17) is 15.0 Å². The first-order valence-corrected chi connectivity index (χ1v) is 13.4. The van der Waals surface area contributed by atoms with Gasteiger partial charge in [0.2, 0.25) is 0 Å². The highest BCUT2D eigenvalue weighted by molar-refractivity contribution is 6.08. The lowest BCUT2D eigenvalue weighted by molar-refractivity contribution is 1.01. The van der Waals surface area contributed by atoms with Gasteiger partial charge in [-0.2, -0.15) is 0 Å². The molecule has 0 spiro atoms. The fourth-order valence-electron chi connectivity index (χ4n) is 5.53. The second kappa shape index (κ2) is 9.48. The van der Waals surface area contributed by atoms with E-state index in [0.29, 0.717) is 17.5 Å². The van der Waals surface area contributed by atoms with E-state index in [2.05, 4.69) is 97.7 Å². The number of aryl methyl sites for hydroxylation is 2. The molecule has 0 unspecified atom stereocenters. The summed E-state index contributed by atoms with van der Waals surface area (Å²) in [5.74, 6) is 2.13. The van der Waals surface area contributed by atoms with Gasteiger partial charge >= 0.3 is 0 Å². The van der Waals surface area contributed by atoms with Crippen molar-refractivity contribution in [2.24, 2.45) is 0 Å². The van der Waals surface area contributed by atoms with Crippen molar-refractivity contribution in [2.75, 3.05) is 0 Å². The third-order valence-corrected chi connectivity index (χ3v) is 7.65. The smallest absolute Gasteiger partial charge is 0.164 e. The minimum atomic E-state index is 0.706. The number of rotatable bonds is 4. The number of allylic oxidation sites excluding steroid dienone is 4. The summed E-state index contributed by atoms with van der Waals surface area (Å²) in [5.41, 5.74) is 10.3. The monoisotopic (exact) mass is 504 g/mol. The van der Waals surface area contributed by atoms with Crippen LogP contribution in [-0.4, -0.2) is 19.9 Å². The van der Waals surface area contributed by atoms with E-state index in [-0.39, 0.29) is 0 Å². The number of aromatic amines is 1. The minimum Gasteiger partial charge on any atom is -0.355 e. The van der Waals surface area contributed by atoms with Crippen molar-refractivity contribution in [3.8, 4) is 22.8 Å². The molecule has 0 saturated carbocycles. The summed E-state index contributed by atoms with van der Waals surface area (Å²) in [6, 6.07) is 31.8. The lowest BCUT2D eigenvalue weighted by atomic mass is 9.92. The SMILES string of the molecule is Cc1ccccc1-c1nc(C2=CCCC(c3ccc4[nH]c5ccccc5c4c3)=C2)nc(-c2ccccc2C)n1. The number of para-hydroxylation sites is 1. The van der Waals surface area contributed by atoms with Crippen molar-refractivity contribution in [1.29, 1.82) is 0 Å². The van der Waals surface area contributed by atoms with Gasteiger partial charge in [0.05, 0.1) is 0 Å². The Hall–Kier alpha value is -4.83. The predicted octanol–water partition coefficient (Wildman–Crippen LogP) is 8.72. The molecular weight excluding hydrogens is 476 g/mol. The number of nitrogens with one attached hydrogen (secondary N) is 1. The van der Waals surface area contributed by atoms with E-state index in [1.54, 1.807) is 0 Å². The summed E-state index contributed by atoms with van der Waals surface area (Å²) in [6.07, 6.45) is 6.44. The maximum Gasteiger partial charge on any atom is 0.164 e. The van der Waals surface area contributed by atoms with E-state index >= 15 is 0 Å². The molecule has 4 heteroatoms. The molecule has 0 saturated heterocycles. The van der Waals surface area contributed by atoms with Crippen LogP contribution in [0.15, 0.2) is 103 Å². The predicted molar refractivity (Wildman–Crippen MR) is 161 cm³/mol. The highest BCUT2D eigenvalue weighted by Crippen LogP contribution is 2.35. The van der Waals surface area contributed by atoms with Crippen LogP contribution in [0.5, 0.6) is 0 Å². The molecule has 0 aliphatic heterocycles. The number of aromatic nitrogens is 4. The normalized spacial score (nSPS) is 13.5. The van der Waals surface area contributed by atoms with Crippen molar-refractivity contribution in [2.45, 2.75) is 26.7 Å². The third kappa shape index (κ3) is 4.24. The molecule has 6 aromatic rings. The molecule has 0 radical (unpaired) electrons. The van der Waals surface area contributed by atoms with E-state index < -0.39 is 0 Å². The first-order chi connectivity index (χ1) is 19.1. The zero-order valence-corrected chi connectivity index (χ0v) is 22.1. The Morgan fingerprint density at radius 2 is 1.23 bits per heavy atom. The quantitative estimate of drug-likeness (QED) is 0.261. The van der Waals surface area contributed by atoms with E-state index in [1.165, 1.54) is 27.4 Å². The van der Waals surface area contributed by atoms with Crippen molar-refractivity contribution in [3.63, 3.8) is 0 Å². The van der Waals surface area contributed by atoms with Gasteiger partial charge in [-0.15, -0.1) is 0 Å². The molecule has 0 bridgehead atoms. The summed E-state index contributed by atoms with van der Waals surface area (Å²) in [5, 5.41) is 2.51. The van der Waals surface area contributed by atoms with Gasteiger partial charge in [0.1, 0.15) is 0 Å². The summed E-state index contributed by atoms with van der Waals surface area (Å²) in [7, 11) is 0. The highest BCUT2D eigenvalue weighted by Gasteiger charge is 2.18. The molecule has 39 heavy (non-hydrogen) atoms. The summed E-state index contributed by atoms with van der Waals surface area (Å²) in [4.78, 5) is 18.5. The molecule has 0 atom stereocenters. The Morgan fingerprint density at radius 3 is 1.95 bits per heavy atom. The molecule has 2 aromatic heterocycles. The van der Waals surface area contributed by atoms with Gasteiger partial charge in [0, 0.05) is 38.5 Å². The summed E-state index contributed by atoms with van der Waals surface area (Å²) < 4.78 is 0. The Balaban J connectivity index is 1.35. The average Bonchev–Trinajstić information content (AvgIpc) is 3.35. The summed E-state index contributed by atoms with van der Waals surface area (Å²) >= 11 is 0. The van der Waals surface area contributed by atoms with E-state index in [9.17, 15) is 0 Å². The van der Waals surface area contributed by atoms with Crippen LogP contribution < -0.4 is 0 Å². The lowest BCUT2D eigenvalue weighted by Crippen LogP contribution is -2.05. The fourth-order valence-corrected chi connectivity index (χ4v) is 5.53. The number of nitrogens with zero attached hydrogens (tertiary/aromatic N) is 3. The number of benzene rings is 4. The molecular formula is C35H28N4. The molecule has 0 amide bonds. The second-order valence-corrected chi connectivity index (χ2v) is 10.2. The second-order valence-electron chi connectivity index (χ2n) is 10.2. The van der Waals surface area contributed by atoms with Crippen molar-refractivity contribution >= 4 is 33.0 Å². The molecule has 4 aromatic carbocycles. The summed E-state index contributed by atoms with van der Waals surface area (Å²) in [6.45, 7) is 4.20. The van der Waals surface area contributed by atoms with Crippen LogP contribution in [0, 0.1) is 13.8 Å².